The third-order valence-electron chi connectivity index (χ3n) is 3.55. The van der Waals surface area contributed by atoms with Crippen LogP contribution in [0, 0.1) is 5.92 Å². The minimum absolute atomic E-state index is 0.576. The van der Waals surface area contributed by atoms with Crippen molar-refractivity contribution in [3.63, 3.8) is 0 Å². The van der Waals surface area contributed by atoms with Crippen LogP contribution in [0.2, 0.25) is 0 Å². The van der Waals surface area contributed by atoms with Crippen molar-refractivity contribution >= 4 is 11.3 Å². The molecule has 2 atom stereocenters. The molecule has 0 radical (unpaired) electrons. The van der Waals surface area contributed by atoms with Crippen LogP contribution in [0.4, 0.5) is 0 Å². The molecule has 1 saturated heterocycles. The Balaban J connectivity index is 1.92. The molecule has 0 spiro atoms. The lowest BCUT2D eigenvalue weighted by atomic mass is 10.0. The van der Waals surface area contributed by atoms with Gasteiger partial charge >= 0.3 is 0 Å². The summed E-state index contributed by atoms with van der Waals surface area (Å²) in [6.07, 6.45) is 1.29. The first-order valence-corrected chi connectivity index (χ1v) is 7.55. The van der Waals surface area contributed by atoms with E-state index in [1.165, 1.54) is 24.4 Å². The second-order valence-corrected chi connectivity index (χ2v) is 6.45. The maximum absolute atomic E-state index is 3.64. The van der Waals surface area contributed by atoms with E-state index in [4.69, 9.17) is 0 Å². The number of nitrogens with zero attached hydrogens (tertiary/aromatic N) is 1. The zero-order valence-electron chi connectivity index (χ0n) is 11.1. The summed E-state index contributed by atoms with van der Waals surface area (Å²) in [5.74, 6) is 0.782. The van der Waals surface area contributed by atoms with E-state index < -0.39 is 0 Å². The molecule has 1 aromatic rings. The lowest BCUT2D eigenvalue weighted by Gasteiger charge is -2.37. The molecule has 0 aliphatic carbocycles. The lowest BCUT2D eigenvalue weighted by molar-refractivity contribution is 0.145. The van der Waals surface area contributed by atoms with E-state index in [0.29, 0.717) is 12.1 Å². The van der Waals surface area contributed by atoms with Gasteiger partial charge in [-0.1, -0.05) is 19.9 Å². The summed E-state index contributed by atoms with van der Waals surface area (Å²) >= 11 is 1.88. The van der Waals surface area contributed by atoms with Crippen molar-refractivity contribution in [3.05, 3.63) is 22.4 Å². The molecular formula is C14H24N2S. The third kappa shape index (κ3) is 3.54. The molecule has 1 fully saturated rings. The highest BCUT2D eigenvalue weighted by molar-refractivity contribution is 7.10. The van der Waals surface area contributed by atoms with Crippen molar-refractivity contribution in [2.75, 3.05) is 19.6 Å². The summed E-state index contributed by atoms with van der Waals surface area (Å²) in [5, 5.41) is 5.82. The standard InChI is InChI=1S/C14H24N2S/c1-11(2)9-13-10-16(7-6-15-13)12(3)14-5-4-8-17-14/h4-5,8,11-13,15H,6-7,9-10H2,1-3H3. The van der Waals surface area contributed by atoms with Crippen LogP contribution < -0.4 is 5.32 Å². The van der Waals surface area contributed by atoms with Gasteiger partial charge < -0.3 is 5.32 Å². The zero-order valence-corrected chi connectivity index (χ0v) is 12.0. The summed E-state index contributed by atoms with van der Waals surface area (Å²) in [6.45, 7) is 10.5. The van der Waals surface area contributed by atoms with Gasteiger partial charge in [-0.25, -0.2) is 0 Å². The molecular weight excluding hydrogens is 228 g/mol. The Morgan fingerprint density at radius 2 is 2.29 bits per heavy atom. The van der Waals surface area contributed by atoms with Crippen molar-refractivity contribution in [2.24, 2.45) is 5.92 Å². The van der Waals surface area contributed by atoms with E-state index >= 15 is 0 Å². The molecule has 96 valence electrons. The van der Waals surface area contributed by atoms with Gasteiger partial charge in [0.05, 0.1) is 0 Å². The van der Waals surface area contributed by atoms with E-state index in [-0.39, 0.29) is 0 Å². The smallest absolute Gasteiger partial charge is 0.0414 e. The fourth-order valence-electron chi connectivity index (χ4n) is 2.64. The molecule has 2 rings (SSSR count). The summed E-state index contributed by atoms with van der Waals surface area (Å²) in [6, 6.07) is 5.66. The molecule has 1 aromatic heterocycles. The van der Waals surface area contributed by atoms with Gasteiger partial charge in [-0.2, -0.15) is 0 Å². The number of nitrogens with one attached hydrogen (secondary N) is 1. The van der Waals surface area contributed by atoms with E-state index in [1.807, 2.05) is 11.3 Å². The van der Waals surface area contributed by atoms with Crippen LogP contribution in [0.25, 0.3) is 0 Å². The van der Waals surface area contributed by atoms with E-state index in [9.17, 15) is 0 Å². The lowest BCUT2D eigenvalue weighted by Crippen LogP contribution is -2.51. The van der Waals surface area contributed by atoms with E-state index in [1.54, 1.807) is 0 Å². The average molecular weight is 252 g/mol. The van der Waals surface area contributed by atoms with Crippen molar-refractivity contribution < 1.29 is 0 Å². The van der Waals surface area contributed by atoms with Crippen molar-refractivity contribution in [1.29, 1.82) is 0 Å². The average Bonchev–Trinajstić information content (AvgIpc) is 2.81. The second kappa shape index (κ2) is 5.98. The molecule has 1 aliphatic rings. The molecule has 0 saturated carbocycles. The zero-order chi connectivity index (χ0) is 12.3. The fourth-order valence-corrected chi connectivity index (χ4v) is 3.46. The van der Waals surface area contributed by atoms with Crippen molar-refractivity contribution in [1.82, 2.24) is 10.2 Å². The van der Waals surface area contributed by atoms with Gasteiger partial charge in [0.1, 0.15) is 0 Å². The van der Waals surface area contributed by atoms with Gasteiger partial charge in [0.15, 0.2) is 0 Å². The highest BCUT2D eigenvalue weighted by Gasteiger charge is 2.24. The summed E-state index contributed by atoms with van der Waals surface area (Å²) in [4.78, 5) is 4.12. The minimum atomic E-state index is 0.576. The van der Waals surface area contributed by atoms with Crippen molar-refractivity contribution in [3.8, 4) is 0 Å². The monoisotopic (exact) mass is 252 g/mol. The molecule has 1 N–H and O–H groups in total. The Labute approximate surface area is 109 Å². The Morgan fingerprint density at radius 1 is 1.47 bits per heavy atom. The van der Waals surface area contributed by atoms with Crippen LogP contribution in [-0.2, 0) is 0 Å². The number of thiophene rings is 1. The predicted octanol–water partition coefficient (Wildman–Crippen LogP) is 3.13. The number of hydrogen-bond acceptors (Lipinski definition) is 3. The molecule has 2 unspecified atom stereocenters. The normalized spacial score (nSPS) is 24.1. The van der Waals surface area contributed by atoms with Crippen LogP contribution in [0.3, 0.4) is 0 Å². The van der Waals surface area contributed by atoms with Crippen LogP contribution in [0.5, 0.6) is 0 Å². The largest absolute Gasteiger partial charge is 0.311 e. The maximum Gasteiger partial charge on any atom is 0.0414 e. The van der Waals surface area contributed by atoms with Crippen molar-refractivity contribution in [2.45, 2.75) is 39.3 Å². The number of rotatable bonds is 4. The molecule has 0 bridgehead atoms. The Kier molecular flexibility index (Phi) is 4.60. The minimum Gasteiger partial charge on any atom is -0.311 e. The first-order chi connectivity index (χ1) is 8.16. The van der Waals surface area contributed by atoms with Crippen LogP contribution in [0.15, 0.2) is 17.5 Å². The van der Waals surface area contributed by atoms with E-state index in [0.717, 1.165) is 12.5 Å². The first-order valence-electron chi connectivity index (χ1n) is 6.67. The summed E-state index contributed by atoms with van der Waals surface area (Å²) in [7, 11) is 0. The predicted molar refractivity (Wildman–Crippen MR) is 75.6 cm³/mol. The third-order valence-corrected chi connectivity index (χ3v) is 4.59. The Hall–Kier alpha value is -0.380. The highest BCUT2D eigenvalue weighted by atomic mass is 32.1. The molecule has 17 heavy (non-hydrogen) atoms. The fraction of sp³-hybridized carbons (Fsp3) is 0.714. The van der Waals surface area contributed by atoms with Gasteiger partial charge in [-0.15, -0.1) is 11.3 Å². The first kappa shape index (κ1) is 13.1. The Morgan fingerprint density at radius 3 is 2.94 bits per heavy atom. The second-order valence-electron chi connectivity index (χ2n) is 5.47. The van der Waals surface area contributed by atoms with Crippen LogP contribution >= 0.6 is 11.3 Å². The van der Waals surface area contributed by atoms with Gasteiger partial charge in [-0.3, -0.25) is 4.90 Å². The van der Waals surface area contributed by atoms with E-state index in [2.05, 4.69) is 48.5 Å². The highest BCUT2D eigenvalue weighted by Crippen LogP contribution is 2.26. The topological polar surface area (TPSA) is 15.3 Å². The summed E-state index contributed by atoms with van der Waals surface area (Å²) in [5.41, 5.74) is 0. The molecule has 0 amide bonds. The number of hydrogen-bond donors (Lipinski definition) is 1. The molecule has 2 heterocycles. The van der Waals surface area contributed by atoms with Gasteiger partial charge in [-0.05, 0) is 30.7 Å². The molecule has 0 aromatic carbocycles. The van der Waals surface area contributed by atoms with Gasteiger partial charge in [0.25, 0.3) is 0 Å². The maximum atomic E-state index is 3.64. The van der Waals surface area contributed by atoms with Gasteiger partial charge in [0, 0.05) is 36.6 Å². The Bertz CT molecular complexity index is 321. The SMILES string of the molecule is CC(C)CC1CN(C(C)c2cccs2)CCN1. The number of piperazine rings is 1. The molecule has 1 aliphatic heterocycles. The van der Waals surface area contributed by atoms with Gasteiger partial charge in [0.2, 0.25) is 0 Å². The quantitative estimate of drug-likeness (QED) is 0.885. The van der Waals surface area contributed by atoms with Crippen LogP contribution in [-0.4, -0.2) is 30.6 Å². The van der Waals surface area contributed by atoms with Crippen LogP contribution in [0.1, 0.15) is 38.1 Å². The molecule has 2 nitrogen and oxygen atoms in total. The summed E-state index contributed by atoms with van der Waals surface area (Å²) < 4.78 is 0. The molecule has 3 heteroatoms.